The standard InChI is InChI=1S/C23H25F2N5O4/c1-13-10-14(2)18(26-12-13)29-6-8-30(9-7-29)19(31)15-4-5-16(17(11-15)34-3)23(20(24)25)21(32)27-22(33)28-23/h4-5,10-12,20H,6-9H2,1-3H3,(H2,27,28,32,33). The fraction of sp³-hybridized carbons (Fsp3) is 0.391. The summed E-state index contributed by atoms with van der Waals surface area (Å²) >= 11 is 0. The number of amides is 4. The van der Waals surface area contributed by atoms with E-state index in [0.717, 1.165) is 16.9 Å². The van der Waals surface area contributed by atoms with Gasteiger partial charge in [-0.2, -0.15) is 0 Å². The molecule has 0 aliphatic carbocycles. The molecule has 2 N–H and O–H groups in total. The van der Waals surface area contributed by atoms with Crippen LogP contribution in [0.1, 0.15) is 27.0 Å². The Labute approximate surface area is 195 Å². The number of benzene rings is 1. The van der Waals surface area contributed by atoms with Crippen LogP contribution in [-0.4, -0.2) is 67.4 Å². The first-order valence-electron chi connectivity index (χ1n) is 10.7. The maximum Gasteiger partial charge on any atom is 0.322 e. The Morgan fingerprint density at radius 3 is 2.41 bits per heavy atom. The molecule has 1 unspecified atom stereocenters. The van der Waals surface area contributed by atoms with Crippen molar-refractivity contribution in [3.8, 4) is 5.75 Å². The number of piperazine rings is 1. The average molecular weight is 473 g/mol. The van der Waals surface area contributed by atoms with Crippen LogP contribution in [0.4, 0.5) is 19.4 Å². The van der Waals surface area contributed by atoms with Gasteiger partial charge in [0, 0.05) is 43.5 Å². The van der Waals surface area contributed by atoms with Crippen LogP contribution in [0.5, 0.6) is 5.75 Å². The number of urea groups is 1. The molecule has 0 radical (unpaired) electrons. The van der Waals surface area contributed by atoms with Crippen molar-refractivity contribution in [2.75, 3.05) is 38.2 Å². The average Bonchev–Trinajstić information content (AvgIpc) is 3.13. The monoisotopic (exact) mass is 473 g/mol. The summed E-state index contributed by atoms with van der Waals surface area (Å²) in [4.78, 5) is 45.3. The molecule has 180 valence electrons. The second-order valence-electron chi connectivity index (χ2n) is 8.36. The Balaban J connectivity index is 1.54. The molecule has 2 aliphatic rings. The topological polar surface area (TPSA) is 104 Å². The van der Waals surface area contributed by atoms with Gasteiger partial charge >= 0.3 is 6.03 Å². The number of ether oxygens (including phenoxy) is 1. The molecule has 2 aromatic rings. The summed E-state index contributed by atoms with van der Waals surface area (Å²) in [5.74, 6) is -0.676. The van der Waals surface area contributed by atoms with E-state index in [2.05, 4.69) is 16.0 Å². The zero-order chi connectivity index (χ0) is 24.6. The molecule has 11 heteroatoms. The molecular formula is C23H25F2N5O4. The number of aromatic nitrogens is 1. The van der Waals surface area contributed by atoms with Crippen LogP contribution < -0.4 is 20.3 Å². The van der Waals surface area contributed by atoms with Crippen molar-refractivity contribution in [1.29, 1.82) is 0 Å². The van der Waals surface area contributed by atoms with Crippen LogP contribution in [0.3, 0.4) is 0 Å². The first-order chi connectivity index (χ1) is 16.2. The summed E-state index contributed by atoms with van der Waals surface area (Å²) in [6.07, 6.45) is -1.42. The third-order valence-corrected chi connectivity index (χ3v) is 6.15. The summed E-state index contributed by atoms with van der Waals surface area (Å²) in [5, 5.41) is 3.85. The maximum absolute atomic E-state index is 14.0. The summed E-state index contributed by atoms with van der Waals surface area (Å²) in [7, 11) is 1.25. The number of rotatable bonds is 5. The molecule has 4 amide bonds. The molecule has 1 aromatic carbocycles. The second-order valence-corrected chi connectivity index (χ2v) is 8.36. The minimum Gasteiger partial charge on any atom is -0.496 e. The van der Waals surface area contributed by atoms with Crippen molar-refractivity contribution < 1.29 is 27.9 Å². The number of carbonyl (C=O) groups excluding carboxylic acids is 3. The summed E-state index contributed by atoms with van der Waals surface area (Å²) in [6.45, 7) is 6.09. The number of methoxy groups -OCH3 is 1. The largest absolute Gasteiger partial charge is 0.496 e. The van der Waals surface area contributed by atoms with Crippen LogP contribution in [0.15, 0.2) is 30.5 Å². The molecule has 0 saturated carbocycles. The number of anilines is 1. The molecule has 9 nitrogen and oxygen atoms in total. The number of aryl methyl sites for hydroxylation is 2. The number of alkyl halides is 2. The third-order valence-electron chi connectivity index (χ3n) is 6.15. The highest BCUT2D eigenvalue weighted by molar-refractivity contribution is 6.08. The highest BCUT2D eigenvalue weighted by Crippen LogP contribution is 2.38. The molecule has 1 atom stereocenters. The third kappa shape index (κ3) is 3.91. The van der Waals surface area contributed by atoms with Crippen molar-refractivity contribution in [1.82, 2.24) is 20.5 Å². The molecule has 1 aromatic heterocycles. The van der Waals surface area contributed by atoms with Crippen LogP contribution in [-0.2, 0) is 10.3 Å². The van der Waals surface area contributed by atoms with Gasteiger partial charge in [-0.05, 0) is 37.1 Å². The molecule has 0 bridgehead atoms. The SMILES string of the molecule is COc1cc(C(=O)N2CCN(c3ncc(C)cc3C)CC2)ccc1C1(C(F)F)NC(=O)NC1=O. The van der Waals surface area contributed by atoms with E-state index in [0.29, 0.717) is 26.2 Å². The number of hydrogen-bond acceptors (Lipinski definition) is 6. The summed E-state index contributed by atoms with van der Waals surface area (Å²) in [6, 6.07) is 4.94. The van der Waals surface area contributed by atoms with E-state index in [1.807, 2.05) is 30.7 Å². The fourth-order valence-electron chi connectivity index (χ4n) is 4.42. The van der Waals surface area contributed by atoms with Gasteiger partial charge in [0.25, 0.3) is 18.2 Å². The lowest BCUT2D eigenvalue weighted by Crippen LogP contribution is -2.50. The van der Waals surface area contributed by atoms with Gasteiger partial charge in [-0.15, -0.1) is 0 Å². The molecule has 2 aliphatic heterocycles. The van der Waals surface area contributed by atoms with Crippen LogP contribution in [0.2, 0.25) is 0 Å². The molecule has 3 heterocycles. The van der Waals surface area contributed by atoms with Gasteiger partial charge in [0.1, 0.15) is 11.6 Å². The molecule has 4 rings (SSSR count). The lowest BCUT2D eigenvalue weighted by molar-refractivity contribution is -0.130. The Hall–Kier alpha value is -3.76. The number of nitrogens with one attached hydrogen (secondary N) is 2. The van der Waals surface area contributed by atoms with Crippen molar-refractivity contribution in [3.05, 3.63) is 52.7 Å². The zero-order valence-electron chi connectivity index (χ0n) is 19.0. The minimum atomic E-state index is -3.23. The number of pyridine rings is 1. The quantitative estimate of drug-likeness (QED) is 0.644. The number of halogens is 2. The van der Waals surface area contributed by atoms with Crippen LogP contribution in [0.25, 0.3) is 0 Å². The fourth-order valence-corrected chi connectivity index (χ4v) is 4.42. The van der Waals surface area contributed by atoms with E-state index in [1.165, 1.54) is 25.3 Å². The smallest absolute Gasteiger partial charge is 0.322 e. The number of carbonyl (C=O) groups is 3. The van der Waals surface area contributed by atoms with E-state index < -0.39 is 23.9 Å². The molecule has 2 saturated heterocycles. The summed E-state index contributed by atoms with van der Waals surface area (Å²) < 4.78 is 33.2. The van der Waals surface area contributed by atoms with Gasteiger partial charge in [-0.1, -0.05) is 12.1 Å². The molecular weight excluding hydrogens is 448 g/mol. The van der Waals surface area contributed by atoms with E-state index in [1.54, 1.807) is 4.90 Å². The second kappa shape index (κ2) is 8.88. The van der Waals surface area contributed by atoms with Crippen molar-refractivity contribution >= 4 is 23.7 Å². The molecule has 2 fully saturated rings. The van der Waals surface area contributed by atoms with E-state index >= 15 is 0 Å². The van der Waals surface area contributed by atoms with E-state index in [-0.39, 0.29) is 22.8 Å². The van der Waals surface area contributed by atoms with Crippen molar-refractivity contribution in [2.24, 2.45) is 0 Å². The zero-order valence-corrected chi connectivity index (χ0v) is 19.0. The number of hydrogen-bond donors (Lipinski definition) is 2. The van der Waals surface area contributed by atoms with Crippen LogP contribution >= 0.6 is 0 Å². The van der Waals surface area contributed by atoms with Crippen molar-refractivity contribution in [2.45, 2.75) is 25.8 Å². The molecule has 34 heavy (non-hydrogen) atoms. The Morgan fingerprint density at radius 2 is 1.85 bits per heavy atom. The van der Waals surface area contributed by atoms with Gasteiger partial charge in [0.15, 0.2) is 0 Å². The summed E-state index contributed by atoms with van der Waals surface area (Å²) in [5.41, 5.74) is -0.440. The molecule has 0 spiro atoms. The van der Waals surface area contributed by atoms with Crippen LogP contribution in [0, 0.1) is 13.8 Å². The van der Waals surface area contributed by atoms with Gasteiger partial charge in [0.05, 0.1) is 7.11 Å². The van der Waals surface area contributed by atoms with Gasteiger partial charge < -0.3 is 19.9 Å². The normalized spacial score (nSPS) is 20.4. The predicted octanol–water partition coefficient (Wildman–Crippen LogP) is 1.97. The highest BCUT2D eigenvalue weighted by Gasteiger charge is 2.56. The first-order valence-corrected chi connectivity index (χ1v) is 10.7. The Bertz CT molecular complexity index is 1150. The lowest BCUT2D eigenvalue weighted by atomic mass is 9.88. The van der Waals surface area contributed by atoms with E-state index in [9.17, 15) is 23.2 Å². The number of imide groups is 1. The highest BCUT2D eigenvalue weighted by atomic mass is 19.3. The minimum absolute atomic E-state index is 0.0957. The van der Waals surface area contributed by atoms with Gasteiger partial charge in [-0.3, -0.25) is 14.9 Å². The van der Waals surface area contributed by atoms with Crippen molar-refractivity contribution in [3.63, 3.8) is 0 Å². The van der Waals surface area contributed by atoms with Gasteiger partial charge in [0.2, 0.25) is 5.54 Å². The Kier molecular flexibility index (Phi) is 6.11. The Morgan fingerprint density at radius 1 is 1.15 bits per heavy atom. The maximum atomic E-state index is 14.0. The predicted molar refractivity (Wildman–Crippen MR) is 119 cm³/mol. The van der Waals surface area contributed by atoms with Gasteiger partial charge in [-0.25, -0.2) is 18.6 Å². The number of nitrogens with zero attached hydrogens (tertiary/aromatic N) is 3. The van der Waals surface area contributed by atoms with E-state index in [4.69, 9.17) is 4.74 Å². The lowest BCUT2D eigenvalue weighted by Gasteiger charge is -2.36. The first kappa shape index (κ1) is 23.4.